The van der Waals surface area contributed by atoms with Crippen molar-refractivity contribution in [3.63, 3.8) is 0 Å². The lowest BCUT2D eigenvalue weighted by molar-refractivity contribution is -0.149. The molecule has 0 aliphatic rings. The van der Waals surface area contributed by atoms with Crippen molar-refractivity contribution in [1.82, 2.24) is 0 Å². The number of nitriles is 1. The van der Waals surface area contributed by atoms with Crippen molar-refractivity contribution in [1.29, 1.82) is 5.26 Å². The summed E-state index contributed by atoms with van der Waals surface area (Å²) in [5.74, 6) is -1.56. The van der Waals surface area contributed by atoms with Crippen LogP contribution in [0.3, 0.4) is 0 Å². The summed E-state index contributed by atoms with van der Waals surface area (Å²) in [5, 5.41) is 13.4. The Bertz CT molecular complexity index is 1050. The van der Waals surface area contributed by atoms with Gasteiger partial charge in [-0.1, -0.05) is 29.8 Å². The van der Waals surface area contributed by atoms with Crippen molar-refractivity contribution in [3.05, 3.63) is 80.8 Å². The molecular formula is C21H15ClFNO4S. The van der Waals surface area contributed by atoms with Crippen LogP contribution in [0.15, 0.2) is 53.2 Å². The Kier molecular flexibility index (Phi) is 6.70. The highest BCUT2D eigenvalue weighted by atomic mass is 35.5. The highest BCUT2D eigenvalue weighted by Crippen LogP contribution is 2.34. The van der Waals surface area contributed by atoms with Crippen molar-refractivity contribution in [2.75, 3.05) is 7.11 Å². The number of halogens is 2. The highest BCUT2D eigenvalue weighted by molar-refractivity contribution is 7.07. The number of benzene rings is 2. The molecule has 0 aliphatic heterocycles. The molecule has 2 aromatic carbocycles. The van der Waals surface area contributed by atoms with Crippen molar-refractivity contribution >= 4 is 28.9 Å². The third-order valence-corrected chi connectivity index (χ3v) is 5.05. The van der Waals surface area contributed by atoms with Crippen LogP contribution in [0.2, 0.25) is 5.02 Å². The molecule has 0 N–H and O–H groups in total. The van der Waals surface area contributed by atoms with E-state index in [1.807, 2.05) is 16.8 Å². The van der Waals surface area contributed by atoms with E-state index in [0.717, 1.165) is 11.6 Å². The molecule has 29 heavy (non-hydrogen) atoms. The number of hydrogen-bond donors (Lipinski definition) is 0. The fourth-order valence-electron chi connectivity index (χ4n) is 2.54. The summed E-state index contributed by atoms with van der Waals surface area (Å²) in [6.45, 7) is 0.221. The van der Waals surface area contributed by atoms with Crippen LogP contribution < -0.4 is 9.47 Å². The standard InChI is InChI=1S/C21H15ClFNO4S/c1-26-21(25)20(15-4-2-3-5-17(15)22)28-19-9-14(8-18(23)16(19)10-24)27-11-13-6-7-29-12-13/h2-9,12,20H,11H2,1H3. The molecule has 5 nitrogen and oxygen atoms in total. The second kappa shape index (κ2) is 9.41. The maximum absolute atomic E-state index is 14.5. The van der Waals surface area contributed by atoms with Gasteiger partial charge in [0.25, 0.3) is 0 Å². The van der Waals surface area contributed by atoms with E-state index in [0.29, 0.717) is 5.56 Å². The van der Waals surface area contributed by atoms with Crippen LogP contribution in [0.5, 0.6) is 11.5 Å². The minimum absolute atomic E-state index is 0.150. The molecule has 1 heterocycles. The van der Waals surface area contributed by atoms with E-state index in [1.165, 1.54) is 24.5 Å². The maximum atomic E-state index is 14.5. The van der Waals surface area contributed by atoms with Gasteiger partial charge in [-0.05, 0) is 28.5 Å². The first-order chi connectivity index (χ1) is 14.0. The van der Waals surface area contributed by atoms with Gasteiger partial charge in [-0.3, -0.25) is 0 Å². The first-order valence-electron chi connectivity index (χ1n) is 8.40. The number of carbonyl (C=O) groups excluding carboxylic acids is 1. The van der Waals surface area contributed by atoms with E-state index in [1.54, 1.807) is 30.3 Å². The Balaban J connectivity index is 1.95. The number of esters is 1. The highest BCUT2D eigenvalue weighted by Gasteiger charge is 2.28. The molecule has 1 aromatic heterocycles. The van der Waals surface area contributed by atoms with Crippen LogP contribution in [0.25, 0.3) is 0 Å². The van der Waals surface area contributed by atoms with Gasteiger partial charge in [0.1, 0.15) is 35.6 Å². The third kappa shape index (κ3) is 4.86. The van der Waals surface area contributed by atoms with E-state index < -0.39 is 17.9 Å². The van der Waals surface area contributed by atoms with Crippen LogP contribution in [-0.4, -0.2) is 13.1 Å². The number of carbonyl (C=O) groups is 1. The van der Waals surface area contributed by atoms with Crippen molar-refractivity contribution in [2.24, 2.45) is 0 Å². The Morgan fingerprint density at radius 3 is 2.76 bits per heavy atom. The Morgan fingerprint density at radius 2 is 2.10 bits per heavy atom. The molecule has 1 unspecified atom stereocenters. The summed E-state index contributed by atoms with van der Waals surface area (Å²) >= 11 is 7.69. The molecule has 148 valence electrons. The molecule has 3 rings (SSSR count). The molecule has 0 aliphatic carbocycles. The van der Waals surface area contributed by atoms with Crippen LogP contribution in [0.1, 0.15) is 22.8 Å². The second-order valence-electron chi connectivity index (χ2n) is 5.85. The predicted molar refractivity (Wildman–Crippen MR) is 107 cm³/mol. The predicted octanol–water partition coefficient (Wildman–Crippen LogP) is 5.28. The number of hydrogen-bond acceptors (Lipinski definition) is 6. The molecule has 0 saturated carbocycles. The number of ether oxygens (including phenoxy) is 3. The Hall–Kier alpha value is -3.08. The Morgan fingerprint density at radius 1 is 1.31 bits per heavy atom. The summed E-state index contributed by atoms with van der Waals surface area (Å²) in [5.41, 5.74) is 0.898. The SMILES string of the molecule is COC(=O)C(Oc1cc(OCc2ccsc2)cc(F)c1C#N)c1ccccc1Cl. The zero-order chi connectivity index (χ0) is 20.8. The van der Waals surface area contributed by atoms with Gasteiger partial charge in [-0.25, -0.2) is 9.18 Å². The molecular weight excluding hydrogens is 417 g/mol. The first kappa shape index (κ1) is 20.6. The molecule has 0 saturated heterocycles. The zero-order valence-corrected chi connectivity index (χ0v) is 16.8. The molecule has 0 bridgehead atoms. The molecule has 3 aromatic rings. The van der Waals surface area contributed by atoms with Crippen LogP contribution in [0.4, 0.5) is 4.39 Å². The summed E-state index contributed by atoms with van der Waals surface area (Å²) in [6.07, 6.45) is -1.28. The largest absolute Gasteiger partial charge is 0.489 e. The van der Waals surface area contributed by atoms with E-state index in [4.69, 9.17) is 25.8 Å². The topological polar surface area (TPSA) is 68.6 Å². The molecule has 1 atom stereocenters. The van der Waals surface area contributed by atoms with E-state index in [9.17, 15) is 14.4 Å². The number of rotatable bonds is 7. The summed E-state index contributed by atoms with van der Waals surface area (Å²) < 4.78 is 30.6. The van der Waals surface area contributed by atoms with Crippen LogP contribution in [0, 0.1) is 17.1 Å². The molecule has 0 fully saturated rings. The second-order valence-corrected chi connectivity index (χ2v) is 7.04. The van der Waals surface area contributed by atoms with Gasteiger partial charge < -0.3 is 14.2 Å². The maximum Gasteiger partial charge on any atom is 0.351 e. The molecule has 8 heteroatoms. The van der Waals surface area contributed by atoms with Crippen LogP contribution >= 0.6 is 22.9 Å². The lowest BCUT2D eigenvalue weighted by Crippen LogP contribution is -2.21. The third-order valence-electron chi connectivity index (χ3n) is 3.97. The van der Waals surface area contributed by atoms with Gasteiger partial charge in [-0.2, -0.15) is 16.6 Å². The fourth-order valence-corrected chi connectivity index (χ4v) is 3.43. The van der Waals surface area contributed by atoms with Gasteiger partial charge >= 0.3 is 5.97 Å². The quantitative estimate of drug-likeness (QED) is 0.476. The molecule has 0 radical (unpaired) electrons. The van der Waals surface area contributed by atoms with E-state index in [2.05, 4.69) is 0 Å². The van der Waals surface area contributed by atoms with Gasteiger partial charge in [-0.15, -0.1) is 0 Å². The van der Waals surface area contributed by atoms with Crippen molar-refractivity contribution in [2.45, 2.75) is 12.7 Å². The average molecular weight is 432 g/mol. The summed E-state index contributed by atoms with van der Waals surface area (Å²) in [7, 11) is 1.20. The first-order valence-corrected chi connectivity index (χ1v) is 9.72. The van der Waals surface area contributed by atoms with Gasteiger partial charge in [0.2, 0.25) is 6.10 Å². The normalized spacial score (nSPS) is 11.4. The van der Waals surface area contributed by atoms with Crippen molar-refractivity contribution < 1.29 is 23.4 Å². The molecule has 0 spiro atoms. The summed E-state index contributed by atoms with van der Waals surface area (Å²) in [4.78, 5) is 12.3. The number of methoxy groups -OCH3 is 1. The van der Waals surface area contributed by atoms with Gasteiger partial charge in [0.15, 0.2) is 0 Å². The molecule has 0 amide bonds. The smallest absolute Gasteiger partial charge is 0.351 e. The fraction of sp³-hybridized carbons (Fsp3) is 0.143. The Labute approximate surface area is 175 Å². The number of thiophene rings is 1. The minimum atomic E-state index is -1.28. The monoisotopic (exact) mass is 431 g/mol. The van der Waals surface area contributed by atoms with Crippen LogP contribution in [-0.2, 0) is 16.1 Å². The zero-order valence-electron chi connectivity index (χ0n) is 15.2. The van der Waals surface area contributed by atoms with E-state index >= 15 is 0 Å². The number of nitrogens with zero attached hydrogens (tertiary/aromatic N) is 1. The minimum Gasteiger partial charge on any atom is -0.489 e. The lowest BCUT2D eigenvalue weighted by atomic mass is 10.1. The summed E-state index contributed by atoms with van der Waals surface area (Å²) in [6, 6.07) is 12.6. The average Bonchev–Trinajstić information content (AvgIpc) is 3.24. The van der Waals surface area contributed by atoms with Crippen molar-refractivity contribution in [3.8, 4) is 17.6 Å². The lowest BCUT2D eigenvalue weighted by Gasteiger charge is -2.20. The van der Waals surface area contributed by atoms with E-state index in [-0.39, 0.29) is 28.7 Å². The van der Waals surface area contributed by atoms with Gasteiger partial charge in [0, 0.05) is 22.7 Å². The van der Waals surface area contributed by atoms with Gasteiger partial charge in [0.05, 0.1) is 7.11 Å².